The summed E-state index contributed by atoms with van der Waals surface area (Å²) < 4.78 is 11.8. The third kappa shape index (κ3) is 2.27. The number of carbonyl (C=O) groups is 1. The number of fused-ring (bicyclic) bond motifs is 1. The van der Waals surface area contributed by atoms with E-state index in [0.717, 1.165) is 0 Å². The van der Waals surface area contributed by atoms with Crippen LogP contribution in [0, 0.1) is 5.92 Å². The molecular formula is C12H23NO4Si. The zero-order valence-electron chi connectivity index (χ0n) is 11.9. The number of hydroxylamine groups is 2. The van der Waals surface area contributed by atoms with E-state index in [-0.39, 0.29) is 17.7 Å². The first kappa shape index (κ1) is 14.1. The molecule has 5 nitrogen and oxygen atoms in total. The lowest BCUT2D eigenvalue weighted by Crippen LogP contribution is -2.54. The first-order valence-electron chi connectivity index (χ1n) is 6.56. The average Bonchev–Trinajstić information content (AvgIpc) is 2.78. The molecule has 0 spiro atoms. The quantitative estimate of drug-likeness (QED) is 0.730. The minimum atomic E-state index is -1.76. The van der Waals surface area contributed by atoms with Crippen molar-refractivity contribution in [3.63, 3.8) is 0 Å². The van der Waals surface area contributed by atoms with Gasteiger partial charge in [0.15, 0.2) is 5.78 Å². The first-order chi connectivity index (χ1) is 8.30. The highest BCUT2D eigenvalue weighted by Gasteiger charge is 2.59. The van der Waals surface area contributed by atoms with Crippen LogP contribution in [0.1, 0.15) is 20.3 Å². The molecule has 0 aromatic carbocycles. The highest BCUT2D eigenvalue weighted by atomic mass is 28.4. The Balaban J connectivity index is 2.24. The summed E-state index contributed by atoms with van der Waals surface area (Å²) in [6.45, 7) is 11.0. The van der Waals surface area contributed by atoms with Crippen molar-refractivity contribution < 1.29 is 18.9 Å². The van der Waals surface area contributed by atoms with Crippen LogP contribution in [0.2, 0.25) is 19.6 Å². The molecule has 2 aliphatic heterocycles. The Hall–Kier alpha value is -0.273. The lowest BCUT2D eigenvalue weighted by molar-refractivity contribution is -0.326. The summed E-state index contributed by atoms with van der Waals surface area (Å²) >= 11 is 0. The number of hydrogen-bond acceptors (Lipinski definition) is 5. The zero-order chi connectivity index (χ0) is 13.6. The van der Waals surface area contributed by atoms with Gasteiger partial charge in [0.2, 0.25) is 8.32 Å². The molecule has 2 fully saturated rings. The largest absolute Gasteiger partial charge is 0.365 e. The van der Waals surface area contributed by atoms with Gasteiger partial charge in [0.1, 0.15) is 11.6 Å². The molecule has 104 valence electrons. The fraction of sp³-hybridized carbons (Fsp3) is 0.917. The predicted molar refractivity (Wildman–Crippen MR) is 69.2 cm³/mol. The second-order valence-corrected chi connectivity index (χ2v) is 10.5. The van der Waals surface area contributed by atoms with E-state index in [9.17, 15) is 4.79 Å². The average molecular weight is 273 g/mol. The summed E-state index contributed by atoms with van der Waals surface area (Å²) in [4.78, 5) is 17.6. The highest BCUT2D eigenvalue weighted by Crippen LogP contribution is 2.42. The standard InChI is InChI=1S/C12H23NO4Si/c1-6-12(9(2)14)11-10(7-15-12)8-16-13(11)17-18(3,4)5/h10-11H,6-8H2,1-5H3. The van der Waals surface area contributed by atoms with Gasteiger partial charge in [-0.25, -0.2) is 0 Å². The van der Waals surface area contributed by atoms with Crippen LogP contribution in [0.15, 0.2) is 0 Å². The van der Waals surface area contributed by atoms with Gasteiger partial charge in [0, 0.05) is 5.92 Å². The Morgan fingerprint density at radius 3 is 2.61 bits per heavy atom. The number of ketones is 1. The minimum absolute atomic E-state index is 0.0622. The highest BCUT2D eigenvalue weighted by molar-refractivity contribution is 6.69. The Labute approximate surface area is 109 Å². The number of nitrogens with zero attached hydrogens (tertiary/aromatic N) is 1. The monoisotopic (exact) mass is 273 g/mol. The van der Waals surface area contributed by atoms with Crippen LogP contribution in [-0.4, -0.2) is 44.2 Å². The molecule has 6 heteroatoms. The molecule has 0 aromatic rings. The fourth-order valence-electron chi connectivity index (χ4n) is 2.77. The number of rotatable bonds is 4. The van der Waals surface area contributed by atoms with Crippen molar-refractivity contribution in [1.82, 2.24) is 5.23 Å². The Morgan fingerprint density at radius 2 is 2.11 bits per heavy atom. The molecule has 0 aliphatic carbocycles. The summed E-state index contributed by atoms with van der Waals surface area (Å²) in [5.41, 5.74) is -0.763. The molecule has 0 radical (unpaired) electrons. The lowest BCUT2D eigenvalue weighted by atomic mass is 9.84. The third-order valence-corrected chi connectivity index (χ3v) is 4.33. The van der Waals surface area contributed by atoms with Crippen LogP contribution in [0.3, 0.4) is 0 Å². The van der Waals surface area contributed by atoms with Gasteiger partial charge >= 0.3 is 0 Å². The Bertz CT molecular complexity index is 343. The van der Waals surface area contributed by atoms with Crippen molar-refractivity contribution in [3.8, 4) is 0 Å². The van der Waals surface area contributed by atoms with Gasteiger partial charge in [-0.3, -0.25) is 9.63 Å². The summed E-state index contributed by atoms with van der Waals surface area (Å²) in [5.74, 6) is 0.289. The smallest absolute Gasteiger partial charge is 0.215 e. The van der Waals surface area contributed by atoms with Crippen LogP contribution in [0.4, 0.5) is 0 Å². The van der Waals surface area contributed by atoms with Crippen molar-refractivity contribution in [2.45, 2.75) is 51.6 Å². The van der Waals surface area contributed by atoms with Gasteiger partial charge in [-0.05, 0) is 33.0 Å². The van der Waals surface area contributed by atoms with E-state index in [0.29, 0.717) is 19.6 Å². The van der Waals surface area contributed by atoms with E-state index in [1.54, 1.807) is 12.2 Å². The molecule has 0 saturated carbocycles. The molecule has 2 aliphatic rings. The molecule has 0 aromatic heterocycles. The number of carbonyl (C=O) groups excluding carboxylic acids is 1. The van der Waals surface area contributed by atoms with Crippen molar-refractivity contribution in [1.29, 1.82) is 0 Å². The van der Waals surface area contributed by atoms with Crippen molar-refractivity contribution in [2.24, 2.45) is 5.92 Å². The van der Waals surface area contributed by atoms with Crippen LogP contribution in [0.5, 0.6) is 0 Å². The molecular weight excluding hydrogens is 250 g/mol. The van der Waals surface area contributed by atoms with E-state index in [1.165, 1.54) is 0 Å². The van der Waals surface area contributed by atoms with E-state index in [4.69, 9.17) is 14.1 Å². The van der Waals surface area contributed by atoms with Crippen LogP contribution in [0.25, 0.3) is 0 Å². The SMILES string of the molecule is CCC1(C(C)=O)OCC2CON(O[Si](C)(C)C)C21. The van der Waals surface area contributed by atoms with Crippen LogP contribution in [-0.2, 0) is 18.9 Å². The molecule has 18 heavy (non-hydrogen) atoms. The molecule has 0 bridgehead atoms. The molecule has 3 unspecified atom stereocenters. The number of Topliss-reactive ketones (excluding diaryl/α,β-unsaturated/α-hetero) is 1. The third-order valence-electron chi connectivity index (χ3n) is 3.61. The predicted octanol–water partition coefficient (Wildman–Crippen LogP) is 1.75. The summed E-state index contributed by atoms with van der Waals surface area (Å²) in [6, 6.07) is -0.105. The zero-order valence-corrected chi connectivity index (χ0v) is 12.9. The Morgan fingerprint density at radius 1 is 1.44 bits per heavy atom. The lowest BCUT2D eigenvalue weighted by Gasteiger charge is -2.36. The van der Waals surface area contributed by atoms with Crippen molar-refractivity contribution in [2.75, 3.05) is 13.2 Å². The first-order valence-corrected chi connectivity index (χ1v) is 9.97. The molecule has 0 amide bonds. The minimum Gasteiger partial charge on any atom is -0.365 e. The van der Waals surface area contributed by atoms with Gasteiger partial charge < -0.3 is 9.26 Å². The second-order valence-electron chi connectivity index (χ2n) is 6.10. The fourth-order valence-corrected chi connectivity index (χ4v) is 3.47. The van der Waals surface area contributed by atoms with Gasteiger partial charge in [-0.2, -0.15) is 0 Å². The molecule has 2 heterocycles. The van der Waals surface area contributed by atoms with Gasteiger partial charge in [-0.1, -0.05) is 12.2 Å². The number of ether oxygens (including phenoxy) is 1. The molecule has 0 N–H and O–H groups in total. The van der Waals surface area contributed by atoms with Crippen molar-refractivity contribution >= 4 is 14.1 Å². The maximum absolute atomic E-state index is 12.0. The summed E-state index contributed by atoms with van der Waals surface area (Å²) in [5, 5.41) is 1.56. The summed E-state index contributed by atoms with van der Waals surface area (Å²) in [7, 11) is -1.76. The van der Waals surface area contributed by atoms with Crippen molar-refractivity contribution in [3.05, 3.63) is 0 Å². The topological polar surface area (TPSA) is 48.0 Å². The van der Waals surface area contributed by atoms with Gasteiger partial charge in [0.05, 0.1) is 13.2 Å². The van der Waals surface area contributed by atoms with Crippen LogP contribution < -0.4 is 0 Å². The Kier molecular flexibility index (Phi) is 3.68. The second kappa shape index (κ2) is 4.68. The molecule has 2 rings (SSSR count). The van der Waals surface area contributed by atoms with E-state index in [2.05, 4.69) is 19.6 Å². The number of hydrogen-bond donors (Lipinski definition) is 0. The van der Waals surface area contributed by atoms with E-state index < -0.39 is 13.9 Å². The maximum atomic E-state index is 12.0. The van der Waals surface area contributed by atoms with Gasteiger partial charge in [0.25, 0.3) is 0 Å². The molecule has 2 saturated heterocycles. The van der Waals surface area contributed by atoms with E-state index >= 15 is 0 Å². The summed E-state index contributed by atoms with van der Waals surface area (Å²) in [6.07, 6.45) is 0.651. The van der Waals surface area contributed by atoms with Gasteiger partial charge in [-0.15, -0.1) is 0 Å². The van der Waals surface area contributed by atoms with E-state index in [1.807, 2.05) is 6.92 Å². The maximum Gasteiger partial charge on any atom is 0.215 e. The normalized spacial score (nSPS) is 36.9. The molecule has 3 atom stereocenters. The van der Waals surface area contributed by atoms with Crippen LogP contribution >= 0.6 is 0 Å².